The summed E-state index contributed by atoms with van der Waals surface area (Å²) in [6.07, 6.45) is 6.40. The largest absolute Gasteiger partial charge is 0.507 e. The van der Waals surface area contributed by atoms with E-state index in [1.807, 2.05) is 6.07 Å². The van der Waals surface area contributed by atoms with Gasteiger partial charge in [0, 0.05) is 17.9 Å². The van der Waals surface area contributed by atoms with Crippen LogP contribution in [0.5, 0.6) is 5.75 Å². The third kappa shape index (κ3) is 5.44. The molecule has 32 heavy (non-hydrogen) atoms. The fourth-order valence-corrected chi connectivity index (χ4v) is 5.84. The van der Waals surface area contributed by atoms with Crippen molar-refractivity contribution in [1.29, 1.82) is 0 Å². The van der Waals surface area contributed by atoms with Gasteiger partial charge in [0.25, 0.3) is 0 Å². The highest BCUT2D eigenvalue weighted by Crippen LogP contribution is 2.39. The number of sulfonamides is 1. The highest BCUT2D eigenvalue weighted by atomic mass is 32.2. The molecule has 2 unspecified atom stereocenters. The van der Waals surface area contributed by atoms with Gasteiger partial charge in [-0.2, -0.15) is 0 Å². The highest BCUT2D eigenvalue weighted by Gasteiger charge is 2.29. The molecule has 1 aliphatic carbocycles. The van der Waals surface area contributed by atoms with Crippen molar-refractivity contribution in [2.24, 2.45) is 11.1 Å². The summed E-state index contributed by atoms with van der Waals surface area (Å²) < 4.78 is 29.9. The molecule has 3 rings (SSSR count). The smallest absolute Gasteiger partial charge is 0.343 e. The van der Waals surface area contributed by atoms with E-state index < -0.39 is 26.8 Å². The van der Waals surface area contributed by atoms with Gasteiger partial charge in [-0.25, -0.2) is 18.4 Å². The molecule has 0 spiro atoms. The van der Waals surface area contributed by atoms with Crippen LogP contribution in [0, 0.1) is 5.92 Å². The maximum atomic E-state index is 13.1. The topological polar surface area (TPSA) is 111 Å². The van der Waals surface area contributed by atoms with E-state index in [0.717, 1.165) is 36.8 Å². The lowest BCUT2D eigenvalue weighted by molar-refractivity contribution is 0.379. The number of aromatic hydroxyl groups is 1. The van der Waals surface area contributed by atoms with Crippen molar-refractivity contribution in [3.8, 4) is 5.75 Å². The van der Waals surface area contributed by atoms with Gasteiger partial charge in [0.2, 0.25) is 10.0 Å². The molecule has 0 bridgehead atoms. The predicted molar refractivity (Wildman–Crippen MR) is 126 cm³/mol. The minimum absolute atomic E-state index is 0.0488. The van der Waals surface area contributed by atoms with E-state index in [0.29, 0.717) is 37.0 Å². The molecule has 2 aromatic rings. The SMILES string of the molecule is CCC(c1cccc(C(CC(C)C)c2c(O)c3c(oc2=O)CCCCCC3)c1)S(N)(=O)=O. The molecule has 0 radical (unpaired) electrons. The van der Waals surface area contributed by atoms with Gasteiger partial charge >= 0.3 is 5.63 Å². The Hall–Kier alpha value is -2.12. The van der Waals surface area contributed by atoms with E-state index in [2.05, 4.69) is 13.8 Å². The van der Waals surface area contributed by atoms with Crippen molar-refractivity contribution in [3.05, 3.63) is 62.7 Å². The van der Waals surface area contributed by atoms with Crippen LogP contribution in [0.15, 0.2) is 33.5 Å². The number of fused-ring (bicyclic) bond motifs is 1. The molecule has 6 nitrogen and oxygen atoms in total. The van der Waals surface area contributed by atoms with Crippen LogP contribution in [0.4, 0.5) is 0 Å². The number of benzene rings is 1. The standard InChI is InChI=1S/C25H35NO5S/c1-4-22(32(26,29)30)18-11-9-10-17(15-18)20(14-16(2)3)23-24(27)19-12-7-5-6-8-13-21(19)31-25(23)28/h9-11,15-16,20,22,27H,4-8,12-14H2,1-3H3,(H2,26,29,30). The molecule has 1 heterocycles. The number of nitrogens with two attached hydrogens (primary N) is 1. The summed E-state index contributed by atoms with van der Waals surface area (Å²) in [6, 6.07) is 7.22. The average Bonchev–Trinajstić information content (AvgIpc) is 2.68. The number of rotatable bonds is 7. The second-order valence-electron chi connectivity index (χ2n) is 9.31. The summed E-state index contributed by atoms with van der Waals surface area (Å²) in [4.78, 5) is 13.1. The Labute approximate surface area is 190 Å². The van der Waals surface area contributed by atoms with Gasteiger partial charge in [0.05, 0.1) is 10.8 Å². The van der Waals surface area contributed by atoms with E-state index in [9.17, 15) is 18.3 Å². The summed E-state index contributed by atoms with van der Waals surface area (Å²) in [7, 11) is -3.76. The normalized spacial score (nSPS) is 16.8. The van der Waals surface area contributed by atoms with Crippen molar-refractivity contribution in [3.63, 3.8) is 0 Å². The molecule has 1 aliphatic rings. The molecule has 0 saturated heterocycles. The number of hydrogen-bond acceptors (Lipinski definition) is 5. The molecule has 0 saturated carbocycles. The quantitative estimate of drug-likeness (QED) is 0.608. The Bertz CT molecular complexity index is 1100. The van der Waals surface area contributed by atoms with E-state index >= 15 is 0 Å². The van der Waals surface area contributed by atoms with Crippen LogP contribution in [0.1, 0.15) is 98.5 Å². The zero-order valence-electron chi connectivity index (χ0n) is 19.3. The van der Waals surface area contributed by atoms with Crippen LogP contribution < -0.4 is 10.8 Å². The number of hydrogen-bond donors (Lipinski definition) is 2. The monoisotopic (exact) mass is 461 g/mol. The first kappa shape index (κ1) is 24.5. The lowest BCUT2D eigenvalue weighted by Gasteiger charge is -2.24. The molecular formula is C25H35NO5S. The molecule has 0 amide bonds. The summed E-state index contributed by atoms with van der Waals surface area (Å²) in [5, 5.41) is 15.9. The first-order chi connectivity index (χ1) is 15.1. The fraction of sp³-hybridized carbons (Fsp3) is 0.560. The Morgan fingerprint density at radius 2 is 1.75 bits per heavy atom. The highest BCUT2D eigenvalue weighted by molar-refractivity contribution is 7.89. The van der Waals surface area contributed by atoms with Gasteiger partial charge in [-0.1, -0.05) is 57.9 Å². The van der Waals surface area contributed by atoms with Crippen molar-refractivity contribution >= 4 is 10.0 Å². The van der Waals surface area contributed by atoms with Crippen LogP contribution in [0.25, 0.3) is 0 Å². The Morgan fingerprint density at radius 3 is 2.38 bits per heavy atom. The molecule has 7 heteroatoms. The second kappa shape index (κ2) is 10.2. The third-order valence-corrected chi connectivity index (χ3v) is 7.80. The number of aryl methyl sites for hydroxylation is 1. The number of primary sulfonamides is 1. The lowest BCUT2D eigenvalue weighted by Crippen LogP contribution is -2.22. The van der Waals surface area contributed by atoms with Crippen LogP contribution in [0.2, 0.25) is 0 Å². The van der Waals surface area contributed by atoms with Crippen LogP contribution >= 0.6 is 0 Å². The third-order valence-electron chi connectivity index (χ3n) is 6.40. The molecule has 0 aliphatic heterocycles. The van der Waals surface area contributed by atoms with Crippen LogP contribution in [-0.2, 0) is 22.9 Å². The Balaban J connectivity index is 2.16. The molecule has 0 fully saturated rings. The zero-order valence-corrected chi connectivity index (χ0v) is 20.1. The Morgan fingerprint density at radius 1 is 1.09 bits per heavy atom. The Kier molecular flexibility index (Phi) is 7.83. The van der Waals surface area contributed by atoms with Gasteiger partial charge in [-0.3, -0.25) is 0 Å². The molecule has 1 aromatic carbocycles. The minimum Gasteiger partial charge on any atom is -0.507 e. The van der Waals surface area contributed by atoms with E-state index in [4.69, 9.17) is 9.56 Å². The van der Waals surface area contributed by atoms with Crippen molar-refractivity contribution in [2.45, 2.75) is 83.3 Å². The summed E-state index contributed by atoms with van der Waals surface area (Å²) in [5.74, 6) is 0.491. The van der Waals surface area contributed by atoms with E-state index in [1.54, 1.807) is 25.1 Å². The predicted octanol–water partition coefficient (Wildman–Crippen LogP) is 4.92. The first-order valence-corrected chi connectivity index (χ1v) is 13.2. The average molecular weight is 462 g/mol. The summed E-state index contributed by atoms with van der Waals surface area (Å²) in [6.45, 7) is 5.90. The molecule has 176 valence electrons. The van der Waals surface area contributed by atoms with Crippen molar-refractivity contribution in [2.75, 3.05) is 0 Å². The maximum Gasteiger partial charge on any atom is 0.343 e. The minimum atomic E-state index is -3.76. The van der Waals surface area contributed by atoms with Gasteiger partial charge in [-0.15, -0.1) is 0 Å². The van der Waals surface area contributed by atoms with E-state index in [-0.39, 0.29) is 17.2 Å². The summed E-state index contributed by atoms with van der Waals surface area (Å²) in [5.41, 5.74) is 1.90. The summed E-state index contributed by atoms with van der Waals surface area (Å²) >= 11 is 0. The van der Waals surface area contributed by atoms with Crippen molar-refractivity contribution in [1.82, 2.24) is 0 Å². The molecule has 2 atom stereocenters. The van der Waals surface area contributed by atoms with E-state index in [1.165, 1.54) is 0 Å². The molecule has 3 N–H and O–H groups in total. The van der Waals surface area contributed by atoms with Crippen LogP contribution in [0.3, 0.4) is 0 Å². The van der Waals surface area contributed by atoms with Gasteiger partial charge in [-0.05, 0) is 49.1 Å². The zero-order chi connectivity index (χ0) is 23.5. The maximum absolute atomic E-state index is 13.1. The lowest BCUT2D eigenvalue weighted by atomic mass is 9.82. The van der Waals surface area contributed by atoms with Crippen LogP contribution in [-0.4, -0.2) is 13.5 Å². The second-order valence-corrected chi connectivity index (χ2v) is 11.1. The first-order valence-electron chi connectivity index (χ1n) is 11.6. The molecular weight excluding hydrogens is 426 g/mol. The van der Waals surface area contributed by atoms with Gasteiger partial charge in [0.15, 0.2) is 0 Å². The molecule has 1 aromatic heterocycles. The van der Waals surface area contributed by atoms with Crippen molar-refractivity contribution < 1.29 is 17.9 Å². The van der Waals surface area contributed by atoms with Gasteiger partial charge in [0.1, 0.15) is 11.5 Å². The fourth-order valence-electron chi connectivity index (χ4n) is 4.85. The van der Waals surface area contributed by atoms with Gasteiger partial charge < -0.3 is 9.52 Å².